The van der Waals surface area contributed by atoms with Gasteiger partial charge in [-0.15, -0.1) is 0 Å². The molecule has 1 atom stereocenters. The lowest BCUT2D eigenvalue weighted by molar-refractivity contribution is -0.120. The molecule has 11 heavy (non-hydrogen) atoms. The molecule has 1 amide bonds. The van der Waals surface area contributed by atoms with E-state index in [4.69, 9.17) is 4.74 Å². The van der Waals surface area contributed by atoms with E-state index in [2.05, 4.69) is 17.9 Å². The Hall–Kier alpha value is -0.220. The first kappa shape index (κ1) is 10.8. The second-order valence-electron chi connectivity index (χ2n) is 2.16. The van der Waals surface area contributed by atoms with Crippen LogP contribution in [0.1, 0.15) is 13.8 Å². The Morgan fingerprint density at radius 1 is 1.73 bits per heavy atom. The van der Waals surface area contributed by atoms with Crippen molar-refractivity contribution < 1.29 is 9.53 Å². The lowest BCUT2D eigenvalue weighted by atomic mass is 10.4. The van der Waals surface area contributed by atoms with E-state index >= 15 is 0 Å². The summed E-state index contributed by atoms with van der Waals surface area (Å²) in [6, 6.07) is 0. The van der Waals surface area contributed by atoms with Crippen LogP contribution in [-0.4, -0.2) is 30.9 Å². The fraction of sp³-hybridized carbons (Fsp3) is 0.857. The van der Waals surface area contributed by atoms with Crippen LogP contribution in [0.4, 0.5) is 0 Å². The van der Waals surface area contributed by atoms with Crippen LogP contribution >= 0.6 is 12.6 Å². The molecule has 0 aliphatic carbocycles. The molecule has 3 nitrogen and oxygen atoms in total. The molecule has 0 radical (unpaired) electrons. The number of carbonyl (C=O) groups is 1. The molecule has 0 aromatic heterocycles. The van der Waals surface area contributed by atoms with Crippen molar-refractivity contribution in [1.29, 1.82) is 0 Å². The van der Waals surface area contributed by atoms with Crippen molar-refractivity contribution in [3.8, 4) is 0 Å². The second-order valence-corrected chi connectivity index (χ2v) is 2.94. The van der Waals surface area contributed by atoms with Gasteiger partial charge in [-0.1, -0.05) is 0 Å². The predicted octanol–water partition coefficient (Wildman–Crippen LogP) is 0.457. The number of rotatable bonds is 5. The Labute approximate surface area is 72.9 Å². The number of thiol groups is 1. The average Bonchev–Trinajstić information content (AvgIpc) is 1.97. The summed E-state index contributed by atoms with van der Waals surface area (Å²) in [6.45, 7) is 5.48. The molecule has 0 saturated carbocycles. The third kappa shape index (κ3) is 6.19. The molecule has 0 aromatic rings. The zero-order chi connectivity index (χ0) is 8.69. The van der Waals surface area contributed by atoms with E-state index in [9.17, 15) is 4.79 Å². The lowest BCUT2D eigenvalue weighted by Crippen LogP contribution is -2.32. The average molecular weight is 177 g/mol. The molecule has 0 aliphatic rings. The molecule has 0 bridgehead atoms. The molecular weight excluding hydrogens is 162 g/mol. The van der Waals surface area contributed by atoms with E-state index in [1.807, 2.05) is 6.92 Å². The fourth-order valence-corrected chi connectivity index (χ4v) is 0.630. The summed E-state index contributed by atoms with van der Waals surface area (Å²) in [5, 5.41) is 2.44. The molecule has 0 aliphatic heterocycles. The zero-order valence-corrected chi connectivity index (χ0v) is 7.86. The maximum absolute atomic E-state index is 10.9. The minimum absolute atomic E-state index is 0.0481. The monoisotopic (exact) mass is 177 g/mol. The van der Waals surface area contributed by atoms with E-state index in [1.54, 1.807) is 6.92 Å². The van der Waals surface area contributed by atoms with Gasteiger partial charge in [0.25, 0.3) is 0 Å². The fourth-order valence-electron chi connectivity index (χ4n) is 0.538. The number of amides is 1. The van der Waals surface area contributed by atoms with E-state index < -0.39 is 0 Å². The summed E-state index contributed by atoms with van der Waals surface area (Å²) >= 11 is 3.97. The third-order valence-corrected chi connectivity index (χ3v) is 1.36. The van der Waals surface area contributed by atoms with E-state index in [1.165, 1.54) is 0 Å². The molecule has 66 valence electrons. The molecule has 0 saturated heterocycles. The quantitative estimate of drug-likeness (QED) is 0.473. The molecule has 0 rings (SSSR count). The third-order valence-electron chi connectivity index (χ3n) is 1.13. The highest BCUT2D eigenvalue weighted by atomic mass is 32.1. The second kappa shape index (κ2) is 6.49. The largest absolute Gasteiger partial charge is 0.380 e. The van der Waals surface area contributed by atoms with Crippen LogP contribution in [0.2, 0.25) is 0 Å². The van der Waals surface area contributed by atoms with Crippen LogP contribution in [0, 0.1) is 0 Å². The predicted molar refractivity (Wildman–Crippen MR) is 48.0 cm³/mol. The van der Waals surface area contributed by atoms with Crippen molar-refractivity contribution in [3.63, 3.8) is 0 Å². The summed E-state index contributed by atoms with van der Waals surface area (Å²) in [6.07, 6.45) is 0. The summed E-state index contributed by atoms with van der Waals surface area (Å²) in [7, 11) is 0. The van der Waals surface area contributed by atoms with Gasteiger partial charge in [0.05, 0.1) is 11.9 Å². The molecule has 0 fully saturated rings. The van der Waals surface area contributed by atoms with Gasteiger partial charge in [0.1, 0.15) is 0 Å². The maximum Gasteiger partial charge on any atom is 0.232 e. The Bertz CT molecular complexity index is 117. The molecule has 0 aromatic carbocycles. The highest BCUT2D eigenvalue weighted by molar-refractivity contribution is 7.81. The van der Waals surface area contributed by atoms with E-state index in [0.29, 0.717) is 19.8 Å². The molecule has 1 N–H and O–H groups in total. The van der Waals surface area contributed by atoms with Crippen LogP contribution < -0.4 is 5.32 Å². The zero-order valence-electron chi connectivity index (χ0n) is 6.96. The topological polar surface area (TPSA) is 38.3 Å². The van der Waals surface area contributed by atoms with Crippen LogP contribution in [0.5, 0.6) is 0 Å². The minimum atomic E-state index is -0.239. The van der Waals surface area contributed by atoms with Crippen LogP contribution in [0.3, 0.4) is 0 Å². The highest BCUT2D eigenvalue weighted by Gasteiger charge is 2.04. The summed E-state index contributed by atoms with van der Waals surface area (Å²) in [5.74, 6) is -0.0481. The van der Waals surface area contributed by atoms with Crippen molar-refractivity contribution in [2.24, 2.45) is 0 Å². The number of hydrogen-bond donors (Lipinski definition) is 2. The first-order valence-electron chi connectivity index (χ1n) is 3.72. The van der Waals surface area contributed by atoms with Crippen molar-refractivity contribution in [3.05, 3.63) is 0 Å². The lowest BCUT2D eigenvalue weighted by Gasteiger charge is -2.06. The van der Waals surface area contributed by atoms with Gasteiger partial charge < -0.3 is 10.1 Å². The van der Waals surface area contributed by atoms with E-state index in [0.717, 1.165) is 0 Å². The van der Waals surface area contributed by atoms with Crippen molar-refractivity contribution >= 4 is 18.5 Å². The SMILES string of the molecule is CCOCCNC(=O)C(C)S. The Morgan fingerprint density at radius 2 is 2.36 bits per heavy atom. The van der Waals surface area contributed by atoms with Crippen molar-refractivity contribution in [2.45, 2.75) is 19.1 Å². The Kier molecular flexibility index (Phi) is 6.36. The van der Waals surface area contributed by atoms with Gasteiger partial charge in [-0.3, -0.25) is 4.79 Å². The van der Waals surface area contributed by atoms with E-state index in [-0.39, 0.29) is 11.2 Å². The molecular formula is C7H15NO2S. The van der Waals surface area contributed by atoms with Crippen LogP contribution in [0.15, 0.2) is 0 Å². The number of nitrogens with one attached hydrogen (secondary N) is 1. The Balaban J connectivity index is 3.18. The number of ether oxygens (including phenoxy) is 1. The highest BCUT2D eigenvalue weighted by Crippen LogP contribution is 1.90. The van der Waals surface area contributed by atoms with Gasteiger partial charge >= 0.3 is 0 Å². The van der Waals surface area contributed by atoms with Gasteiger partial charge in [0, 0.05) is 13.2 Å². The molecule has 1 unspecified atom stereocenters. The number of hydrogen-bond acceptors (Lipinski definition) is 3. The normalized spacial score (nSPS) is 12.6. The number of carbonyl (C=O) groups excluding carboxylic acids is 1. The van der Waals surface area contributed by atoms with Gasteiger partial charge in [-0.05, 0) is 13.8 Å². The summed E-state index contributed by atoms with van der Waals surface area (Å²) < 4.78 is 5.02. The van der Waals surface area contributed by atoms with Crippen LogP contribution in [0.25, 0.3) is 0 Å². The standard InChI is InChI=1S/C7H15NO2S/c1-3-10-5-4-8-7(9)6(2)11/h6,11H,3-5H2,1-2H3,(H,8,9). The molecule has 0 heterocycles. The van der Waals surface area contributed by atoms with Gasteiger partial charge in [0.15, 0.2) is 0 Å². The van der Waals surface area contributed by atoms with Gasteiger partial charge in [0.2, 0.25) is 5.91 Å². The summed E-state index contributed by atoms with van der Waals surface area (Å²) in [5.41, 5.74) is 0. The summed E-state index contributed by atoms with van der Waals surface area (Å²) in [4.78, 5) is 10.9. The smallest absolute Gasteiger partial charge is 0.232 e. The maximum atomic E-state index is 10.9. The first-order valence-corrected chi connectivity index (χ1v) is 4.23. The van der Waals surface area contributed by atoms with Crippen molar-refractivity contribution in [2.75, 3.05) is 19.8 Å². The minimum Gasteiger partial charge on any atom is -0.380 e. The molecule has 0 spiro atoms. The first-order chi connectivity index (χ1) is 5.18. The van der Waals surface area contributed by atoms with Crippen LogP contribution in [-0.2, 0) is 9.53 Å². The van der Waals surface area contributed by atoms with Gasteiger partial charge in [-0.2, -0.15) is 12.6 Å². The van der Waals surface area contributed by atoms with Gasteiger partial charge in [-0.25, -0.2) is 0 Å². The van der Waals surface area contributed by atoms with Crippen molar-refractivity contribution in [1.82, 2.24) is 5.32 Å². The molecule has 4 heteroatoms. The Morgan fingerprint density at radius 3 is 2.82 bits per heavy atom.